The first-order valence-corrected chi connectivity index (χ1v) is 29.6. The summed E-state index contributed by atoms with van der Waals surface area (Å²) in [5, 5.41) is 6.47. The van der Waals surface area contributed by atoms with E-state index in [1.54, 1.807) is 21.5 Å². The van der Waals surface area contributed by atoms with Gasteiger partial charge in [-0.15, -0.1) is 33.7 Å². The summed E-state index contributed by atoms with van der Waals surface area (Å²) in [5.74, 6) is 0. The summed E-state index contributed by atoms with van der Waals surface area (Å²) in [6.07, 6.45) is 17.2. The Labute approximate surface area is 309 Å². The molecule has 48 heavy (non-hydrogen) atoms. The Bertz CT molecular complexity index is 1910. The van der Waals surface area contributed by atoms with E-state index in [1.807, 2.05) is 0 Å². The topological polar surface area (TPSA) is 0 Å². The molecule has 3 aliphatic rings. The summed E-state index contributed by atoms with van der Waals surface area (Å²) < 4.78 is 1.42. The summed E-state index contributed by atoms with van der Waals surface area (Å²) in [5.41, 5.74) is 10.2. The summed E-state index contributed by atoms with van der Waals surface area (Å²) in [6, 6.07) is 26.1. The van der Waals surface area contributed by atoms with Crippen LogP contribution in [0.3, 0.4) is 0 Å². The maximum atomic E-state index is 4.07. The van der Waals surface area contributed by atoms with Crippen LogP contribution in [-0.2, 0) is 30.7 Å². The molecule has 0 nitrogen and oxygen atoms in total. The van der Waals surface area contributed by atoms with Gasteiger partial charge < -0.3 is 0 Å². The summed E-state index contributed by atoms with van der Waals surface area (Å²) in [7, 11) is -4.78. The third kappa shape index (κ3) is 7.02. The molecule has 0 radical (unpaired) electrons. The molecule has 248 valence electrons. The van der Waals surface area contributed by atoms with E-state index in [9.17, 15) is 0 Å². The second kappa shape index (κ2) is 14.2. The van der Waals surface area contributed by atoms with Crippen molar-refractivity contribution in [2.75, 3.05) is 0 Å². The van der Waals surface area contributed by atoms with Crippen molar-refractivity contribution in [1.82, 2.24) is 0 Å². The predicted molar refractivity (Wildman–Crippen MR) is 218 cm³/mol. The molecule has 0 heterocycles. The molecule has 4 heteroatoms. The Kier molecular flexibility index (Phi) is 10.9. The number of hydrogen-bond acceptors (Lipinski definition) is 0. The third-order valence-corrected chi connectivity index (χ3v) is 19.8. The average Bonchev–Trinajstić information content (AvgIpc) is 3.70. The van der Waals surface area contributed by atoms with Crippen LogP contribution in [0.4, 0.5) is 0 Å². The van der Waals surface area contributed by atoms with Crippen molar-refractivity contribution in [3.05, 3.63) is 146 Å². The van der Waals surface area contributed by atoms with Gasteiger partial charge in [0.05, 0.1) is 24.2 Å². The van der Waals surface area contributed by atoms with Crippen LogP contribution in [0, 0.1) is 0 Å². The van der Waals surface area contributed by atoms with Gasteiger partial charge in [-0.05, 0) is 17.9 Å². The van der Waals surface area contributed by atoms with Gasteiger partial charge in [-0.2, -0.15) is 0 Å². The molecular formula is C44H55Si3Zr-. The molecule has 0 fully saturated rings. The standard InChI is InChI=1S/C31H45Si3.C13H10.Zr/c1-12-22-18-24-20-26-25(29(24)27(19-22)32(3,4)5)21-28(33(6,7)8)31(13-2,34(9,10)11)30(26)23-16-14-15-17-23;1-3-7-12(8-4-1)11-13-9-5-2-6-10-13;/h14-16,18-19,21H,12-13,17H2,1-11H3;1-10H;/q-1;;. The summed E-state index contributed by atoms with van der Waals surface area (Å²) >= 11 is 1.46. The van der Waals surface area contributed by atoms with Crippen LogP contribution in [0.5, 0.6) is 0 Å². The van der Waals surface area contributed by atoms with Crippen LogP contribution in [-0.4, -0.2) is 27.4 Å². The molecular weight excluding hydrogens is 704 g/mol. The third-order valence-electron chi connectivity index (χ3n) is 10.5. The summed E-state index contributed by atoms with van der Waals surface area (Å²) in [6.45, 7) is 27.9. The molecule has 6 rings (SSSR count). The molecule has 0 bridgehead atoms. The summed E-state index contributed by atoms with van der Waals surface area (Å²) in [4.78, 5) is 0. The first kappa shape index (κ1) is 37.0. The van der Waals surface area contributed by atoms with Crippen molar-refractivity contribution >= 4 is 44.3 Å². The maximum absolute atomic E-state index is 4.07. The van der Waals surface area contributed by atoms with Crippen molar-refractivity contribution in [3.63, 3.8) is 0 Å². The van der Waals surface area contributed by atoms with Gasteiger partial charge in [0.1, 0.15) is 0 Å². The van der Waals surface area contributed by atoms with E-state index in [0.717, 1.165) is 12.8 Å². The number of aryl methyl sites for hydroxylation is 1. The van der Waals surface area contributed by atoms with E-state index < -0.39 is 24.2 Å². The van der Waals surface area contributed by atoms with Crippen molar-refractivity contribution in [1.29, 1.82) is 0 Å². The van der Waals surface area contributed by atoms with E-state index in [-0.39, 0.29) is 5.04 Å². The Morgan fingerprint density at radius 3 is 1.81 bits per heavy atom. The van der Waals surface area contributed by atoms with Gasteiger partial charge in [0.25, 0.3) is 0 Å². The molecule has 1 atom stereocenters. The Balaban J connectivity index is 0.000000267. The molecule has 0 saturated heterocycles. The van der Waals surface area contributed by atoms with E-state index in [1.165, 1.54) is 72.1 Å². The number of rotatable bonds is 8. The van der Waals surface area contributed by atoms with Crippen LogP contribution in [0.15, 0.2) is 119 Å². The number of hydrogen-bond donors (Lipinski definition) is 0. The molecule has 0 spiro atoms. The Morgan fingerprint density at radius 1 is 0.792 bits per heavy atom. The fraction of sp³-hybridized carbons (Fsp3) is 0.341. The van der Waals surface area contributed by atoms with Crippen LogP contribution in [0.25, 0.3) is 11.6 Å². The Morgan fingerprint density at radius 2 is 1.38 bits per heavy atom. The van der Waals surface area contributed by atoms with E-state index in [0.29, 0.717) is 0 Å². The zero-order chi connectivity index (χ0) is 35.1. The van der Waals surface area contributed by atoms with E-state index >= 15 is 0 Å². The van der Waals surface area contributed by atoms with Crippen LogP contribution in [0.1, 0.15) is 43.4 Å². The SMILES string of the molecule is CCc1cc([Si](C)(C)C)c2c(c1)=[C-]C1=C(C3=CC=CC3)C(CC)([Si](C)(C)C)C([Si](C)(C)C)=CC=21.[Zr]=[C](c1ccccc1)c1ccccc1. The van der Waals surface area contributed by atoms with Crippen molar-refractivity contribution in [2.45, 2.75) is 97.1 Å². The van der Waals surface area contributed by atoms with E-state index in [4.69, 9.17) is 0 Å². The molecule has 0 saturated carbocycles. The van der Waals surface area contributed by atoms with Crippen LogP contribution in [0.2, 0.25) is 64.0 Å². The molecule has 3 aromatic rings. The number of benzene rings is 3. The van der Waals surface area contributed by atoms with Crippen molar-refractivity contribution in [3.8, 4) is 0 Å². The minimum atomic E-state index is -1.65. The first-order valence-electron chi connectivity index (χ1n) is 17.9. The molecule has 0 aliphatic heterocycles. The molecule has 0 N–H and O–H groups in total. The monoisotopic (exact) mass is 757 g/mol. The average molecular weight is 759 g/mol. The van der Waals surface area contributed by atoms with Crippen molar-refractivity contribution in [2.24, 2.45) is 0 Å². The molecule has 1 unspecified atom stereocenters. The van der Waals surface area contributed by atoms with Gasteiger partial charge in [-0.3, -0.25) is 0 Å². The Hall–Kier alpha value is -2.24. The van der Waals surface area contributed by atoms with Gasteiger partial charge >= 0.3 is 99.2 Å². The quantitative estimate of drug-likeness (QED) is 0.159. The van der Waals surface area contributed by atoms with Gasteiger partial charge in [-0.25, -0.2) is 0 Å². The van der Waals surface area contributed by atoms with Gasteiger partial charge in [0.15, 0.2) is 0 Å². The molecule has 3 aliphatic carbocycles. The molecule has 0 amide bonds. The second-order valence-electron chi connectivity index (χ2n) is 16.7. The van der Waals surface area contributed by atoms with E-state index in [2.05, 4.69) is 176 Å². The minimum absolute atomic E-state index is 0.177. The zero-order valence-corrected chi connectivity index (χ0v) is 36.8. The predicted octanol–water partition coefficient (Wildman–Crippen LogP) is 9.91. The van der Waals surface area contributed by atoms with Crippen LogP contribution < -0.4 is 15.6 Å². The normalized spacial score (nSPS) is 18.8. The molecule has 0 aromatic heterocycles. The number of allylic oxidation sites excluding steroid dienone is 8. The second-order valence-corrected chi connectivity index (χ2v) is 33.4. The van der Waals surface area contributed by atoms with Gasteiger partial charge in [0, 0.05) is 0 Å². The van der Waals surface area contributed by atoms with Gasteiger partial charge in [0.2, 0.25) is 0 Å². The fourth-order valence-electron chi connectivity index (χ4n) is 8.15. The number of fused-ring (bicyclic) bond motifs is 2. The van der Waals surface area contributed by atoms with Crippen LogP contribution >= 0.6 is 0 Å². The fourth-order valence-corrected chi connectivity index (χ4v) is 18.0. The first-order chi connectivity index (χ1) is 22.5. The van der Waals surface area contributed by atoms with Gasteiger partial charge in [-0.1, -0.05) is 137 Å². The zero-order valence-electron chi connectivity index (χ0n) is 31.4. The molecule has 3 aromatic carbocycles. The van der Waals surface area contributed by atoms with Crippen molar-refractivity contribution < 1.29 is 24.2 Å².